The molecule has 1 aliphatic rings. The van der Waals surface area contributed by atoms with Gasteiger partial charge < -0.3 is 0 Å². The number of nitrogens with one attached hydrogen (secondary N) is 1. The quantitative estimate of drug-likeness (QED) is 0.815. The van der Waals surface area contributed by atoms with Gasteiger partial charge in [-0.3, -0.25) is 4.21 Å². The molecule has 7 heteroatoms. The summed E-state index contributed by atoms with van der Waals surface area (Å²) in [5, 5.41) is 0. The molecule has 5 nitrogen and oxygen atoms in total. The van der Waals surface area contributed by atoms with Crippen LogP contribution in [0.15, 0.2) is 30.3 Å². The average molecular weight is 345 g/mol. The van der Waals surface area contributed by atoms with Gasteiger partial charge in [0.05, 0.1) is 0 Å². The Balaban J connectivity index is 1.76. The van der Waals surface area contributed by atoms with Crippen molar-refractivity contribution < 1.29 is 12.6 Å². The molecule has 1 saturated heterocycles. The zero-order valence-electron chi connectivity index (χ0n) is 12.9. The first kappa shape index (κ1) is 17.6. The van der Waals surface area contributed by atoms with Crippen LogP contribution in [0.2, 0.25) is 0 Å². The van der Waals surface area contributed by atoms with E-state index in [9.17, 15) is 12.6 Å². The third-order valence-electron chi connectivity index (χ3n) is 3.74. The van der Waals surface area contributed by atoms with E-state index in [1.165, 1.54) is 4.31 Å². The second-order valence-electron chi connectivity index (χ2n) is 5.78. The minimum absolute atomic E-state index is 0.215. The van der Waals surface area contributed by atoms with Crippen molar-refractivity contribution in [2.75, 3.05) is 25.4 Å². The Kier molecular flexibility index (Phi) is 6.55. The van der Waals surface area contributed by atoms with E-state index in [4.69, 9.17) is 0 Å². The van der Waals surface area contributed by atoms with Gasteiger partial charge in [0.2, 0.25) is 0 Å². The van der Waals surface area contributed by atoms with Crippen molar-refractivity contribution >= 4 is 21.0 Å². The summed E-state index contributed by atoms with van der Waals surface area (Å²) in [4.78, 5) is 0. The van der Waals surface area contributed by atoms with Gasteiger partial charge in [-0.2, -0.15) is 12.7 Å². The molecule has 1 fully saturated rings. The van der Waals surface area contributed by atoms with Crippen molar-refractivity contribution in [3.8, 4) is 0 Å². The second-order valence-corrected chi connectivity index (χ2v) is 9.11. The van der Waals surface area contributed by atoms with E-state index in [-0.39, 0.29) is 6.54 Å². The summed E-state index contributed by atoms with van der Waals surface area (Å²) in [5.41, 5.74) is 1.01. The Morgan fingerprint density at radius 3 is 2.73 bits per heavy atom. The molecule has 22 heavy (non-hydrogen) atoms. The maximum Gasteiger partial charge on any atom is 0.279 e. The summed E-state index contributed by atoms with van der Waals surface area (Å²) >= 11 is 0. The average Bonchev–Trinajstić information content (AvgIpc) is 2.48. The number of benzene rings is 1. The molecule has 0 aromatic heterocycles. The van der Waals surface area contributed by atoms with E-state index >= 15 is 0 Å². The first-order valence-electron chi connectivity index (χ1n) is 7.61. The molecule has 0 amide bonds. The second kappa shape index (κ2) is 8.19. The largest absolute Gasteiger partial charge is 0.279 e. The van der Waals surface area contributed by atoms with Crippen LogP contribution in [0.1, 0.15) is 25.3 Å². The van der Waals surface area contributed by atoms with Gasteiger partial charge >= 0.3 is 0 Å². The lowest BCUT2D eigenvalue weighted by atomic mass is 10.0. The Morgan fingerprint density at radius 2 is 2.05 bits per heavy atom. The van der Waals surface area contributed by atoms with Gasteiger partial charge in [0.1, 0.15) is 0 Å². The summed E-state index contributed by atoms with van der Waals surface area (Å²) in [6.07, 6.45) is 1.98. The topological polar surface area (TPSA) is 66.5 Å². The molecule has 0 spiro atoms. The van der Waals surface area contributed by atoms with Gasteiger partial charge in [0.25, 0.3) is 10.2 Å². The van der Waals surface area contributed by atoms with Crippen LogP contribution in [-0.4, -0.2) is 42.3 Å². The molecule has 1 aliphatic heterocycles. The summed E-state index contributed by atoms with van der Waals surface area (Å²) in [7, 11) is -4.50. The third-order valence-corrected chi connectivity index (χ3v) is 6.64. The molecule has 1 aromatic rings. The van der Waals surface area contributed by atoms with Crippen molar-refractivity contribution in [2.24, 2.45) is 5.92 Å². The lowest BCUT2D eigenvalue weighted by Crippen LogP contribution is -2.46. The van der Waals surface area contributed by atoms with Crippen molar-refractivity contribution in [2.45, 2.75) is 25.5 Å². The summed E-state index contributed by atoms with van der Waals surface area (Å²) in [6, 6.07) is 9.59. The van der Waals surface area contributed by atoms with Gasteiger partial charge in [0, 0.05) is 41.9 Å². The lowest BCUT2D eigenvalue weighted by Gasteiger charge is -2.29. The first-order valence-corrected chi connectivity index (χ1v) is 10.5. The highest BCUT2D eigenvalue weighted by molar-refractivity contribution is 7.87. The Labute approximate surface area is 135 Å². The van der Waals surface area contributed by atoms with E-state index in [2.05, 4.69) is 11.6 Å². The van der Waals surface area contributed by atoms with Gasteiger partial charge in [-0.05, 0) is 24.3 Å². The van der Waals surface area contributed by atoms with E-state index < -0.39 is 21.0 Å². The molecule has 124 valence electrons. The number of hydrogen-bond acceptors (Lipinski definition) is 3. The zero-order valence-corrected chi connectivity index (χ0v) is 14.5. The fraction of sp³-hybridized carbons (Fsp3) is 0.600. The molecule has 1 N–H and O–H groups in total. The van der Waals surface area contributed by atoms with E-state index in [1.807, 2.05) is 30.3 Å². The number of piperidine rings is 1. The standard InChI is InChI=1S/C15H24N2O3S2/c1-14-6-5-10-17(12-14)22(19,20)16-9-11-21(18)13-15-7-3-2-4-8-15/h2-4,7-8,14,16H,5-6,9-13H2,1H3. The molecule has 0 saturated carbocycles. The fourth-order valence-corrected chi connectivity index (χ4v) is 5.10. The predicted octanol–water partition coefficient (Wildman–Crippen LogP) is 1.50. The Morgan fingerprint density at radius 1 is 1.32 bits per heavy atom. The van der Waals surface area contributed by atoms with Gasteiger partial charge in [-0.15, -0.1) is 0 Å². The number of rotatable bonds is 7. The van der Waals surface area contributed by atoms with Crippen molar-refractivity contribution in [1.82, 2.24) is 9.03 Å². The van der Waals surface area contributed by atoms with Crippen molar-refractivity contribution in [1.29, 1.82) is 0 Å². The van der Waals surface area contributed by atoms with Crippen LogP contribution >= 0.6 is 0 Å². The maximum absolute atomic E-state index is 12.2. The van der Waals surface area contributed by atoms with Crippen molar-refractivity contribution in [3.63, 3.8) is 0 Å². The van der Waals surface area contributed by atoms with Crippen LogP contribution in [-0.2, 0) is 26.8 Å². The SMILES string of the molecule is CC1CCCN(S(=O)(=O)NCCS(=O)Cc2ccccc2)C1. The third kappa shape index (κ3) is 5.46. The molecule has 0 aliphatic carbocycles. The molecule has 0 bridgehead atoms. The van der Waals surface area contributed by atoms with Crippen LogP contribution in [0.3, 0.4) is 0 Å². The number of hydrogen-bond donors (Lipinski definition) is 1. The van der Waals surface area contributed by atoms with Gasteiger partial charge in [-0.1, -0.05) is 37.3 Å². The highest BCUT2D eigenvalue weighted by Gasteiger charge is 2.26. The minimum Gasteiger partial charge on any atom is -0.259 e. The van der Waals surface area contributed by atoms with E-state index in [1.54, 1.807) is 0 Å². The fourth-order valence-electron chi connectivity index (χ4n) is 2.57. The monoisotopic (exact) mass is 344 g/mol. The maximum atomic E-state index is 12.2. The van der Waals surface area contributed by atoms with Crippen LogP contribution in [0, 0.1) is 5.92 Å². The van der Waals surface area contributed by atoms with E-state index in [0.717, 1.165) is 18.4 Å². The van der Waals surface area contributed by atoms with Crippen LogP contribution in [0.25, 0.3) is 0 Å². The smallest absolute Gasteiger partial charge is 0.259 e. The van der Waals surface area contributed by atoms with Gasteiger partial charge in [-0.25, -0.2) is 4.72 Å². The summed E-state index contributed by atoms with van der Waals surface area (Å²) in [5.74, 6) is 1.19. The summed E-state index contributed by atoms with van der Waals surface area (Å²) < 4.78 is 40.4. The molecule has 2 unspecified atom stereocenters. The first-order chi connectivity index (χ1) is 10.5. The zero-order chi connectivity index (χ0) is 16.0. The molecular weight excluding hydrogens is 320 g/mol. The summed E-state index contributed by atoms with van der Waals surface area (Å²) in [6.45, 7) is 3.43. The van der Waals surface area contributed by atoms with Gasteiger partial charge in [0.15, 0.2) is 0 Å². The lowest BCUT2D eigenvalue weighted by molar-refractivity contribution is 0.278. The molecule has 2 atom stereocenters. The Bertz CT molecular complexity index is 590. The minimum atomic E-state index is -3.44. The van der Waals surface area contributed by atoms with Crippen LogP contribution in [0.5, 0.6) is 0 Å². The van der Waals surface area contributed by atoms with E-state index in [0.29, 0.717) is 30.5 Å². The molecule has 0 radical (unpaired) electrons. The molecule has 1 aromatic carbocycles. The predicted molar refractivity (Wildman–Crippen MR) is 90.0 cm³/mol. The highest BCUT2D eigenvalue weighted by Crippen LogP contribution is 2.17. The van der Waals surface area contributed by atoms with Crippen LogP contribution in [0.4, 0.5) is 0 Å². The van der Waals surface area contributed by atoms with Crippen LogP contribution < -0.4 is 4.72 Å². The molecule has 1 heterocycles. The normalized spacial score (nSPS) is 21.6. The Hall–Kier alpha value is -0.760. The highest BCUT2D eigenvalue weighted by atomic mass is 32.2. The molecule has 2 rings (SSSR count). The van der Waals surface area contributed by atoms with Crippen molar-refractivity contribution in [3.05, 3.63) is 35.9 Å². The number of nitrogens with zero attached hydrogens (tertiary/aromatic N) is 1. The molecular formula is C15H24N2O3S2.